The first-order valence-corrected chi connectivity index (χ1v) is 11.6. The summed E-state index contributed by atoms with van der Waals surface area (Å²) in [6.45, 7) is 5.88. The summed E-state index contributed by atoms with van der Waals surface area (Å²) in [4.78, 5) is 25.0. The monoisotopic (exact) mass is 471 g/mol. The van der Waals surface area contributed by atoms with Crippen LogP contribution in [0.3, 0.4) is 0 Å². The largest absolute Gasteiger partial charge is 0.342 e. The Labute approximate surface area is 197 Å². The van der Waals surface area contributed by atoms with E-state index in [4.69, 9.17) is 11.6 Å². The van der Waals surface area contributed by atoms with E-state index in [9.17, 15) is 9.59 Å². The first-order chi connectivity index (χ1) is 15.3. The molecule has 0 aliphatic carbocycles. The second kappa shape index (κ2) is 10.7. The van der Waals surface area contributed by atoms with Crippen molar-refractivity contribution in [2.75, 3.05) is 11.1 Å². The lowest BCUT2D eigenvalue weighted by Crippen LogP contribution is -2.28. The Kier molecular flexibility index (Phi) is 7.93. The van der Waals surface area contributed by atoms with Crippen LogP contribution in [-0.4, -0.2) is 32.3 Å². The van der Waals surface area contributed by atoms with Crippen LogP contribution < -0.4 is 10.6 Å². The highest BCUT2D eigenvalue weighted by atomic mass is 35.5. The molecule has 0 spiro atoms. The first kappa shape index (κ1) is 23.8. The average molecular weight is 472 g/mol. The van der Waals surface area contributed by atoms with Gasteiger partial charge in [0.25, 0.3) is 5.91 Å². The van der Waals surface area contributed by atoms with E-state index in [1.807, 2.05) is 39.1 Å². The van der Waals surface area contributed by atoms with Crippen LogP contribution in [-0.2, 0) is 18.3 Å². The van der Waals surface area contributed by atoms with Crippen molar-refractivity contribution in [2.24, 2.45) is 7.05 Å². The summed E-state index contributed by atoms with van der Waals surface area (Å²) >= 11 is 7.18. The van der Waals surface area contributed by atoms with Crippen LogP contribution in [0.1, 0.15) is 47.2 Å². The SMILES string of the molecule is CCc1cccc(C)c1NC(=O)CSc1nnc([C@H](C)NC(=O)c2ccc(Cl)cc2)n1C. The predicted molar refractivity (Wildman–Crippen MR) is 128 cm³/mol. The van der Waals surface area contributed by atoms with Gasteiger partial charge in [-0.05, 0) is 55.7 Å². The van der Waals surface area contributed by atoms with Gasteiger partial charge in [-0.15, -0.1) is 10.2 Å². The lowest BCUT2D eigenvalue weighted by molar-refractivity contribution is -0.113. The maximum atomic E-state index is 12.5. The molecule has 0 radical (unpaired) electrons. The maximum absolute atomic E-state index is 12.5. The molecule has 0 saturated carbocycles. The number of amides is 2. The number of hydrogen-bond acceptors (Lipinski definition) is 5. The van der Waals surface area contributed by atoms with Crippen molar-refractivity contribution in [1.29, 1.82) is 0 Å². The second-order valence-corrected chi connectivity index (χ2v) is 8.78. The van der Waals surface area contributed by atoms with Crippen molar-refractivity contribution in [2.45, 2.75) is 38.4 Å². The summed E-state index contributed by atoms with van der Waals surface area (Å²) in [5.74, 6) is 0.473. The zero-order valence-electron chi connectivity index (χ0n) is 18.5. The number of thioether (sulfide) groups is 1. The number of nitrogens with zero attached hydrogens (tertiary/aromatic N) is 3. The number of aryl methyl sites for hydroxylation is 2. The maximum Gasteiger partial charge on any atom is 0.251 e. The minimum atomic E-state index is -0.363. The standard InChI is InChI=1S/C23H26ClN5O2S/c1-5-16-8-6-7-14(2)20(16)26-19(30)13-32-23-28-27-21(29(23)4)15(3)25-22(31)17-9-11-18(24)12-10-17/h6-12,15H,5,13H2,1-4H3,(H,25,31)(H,26,30)/t15-/m0/s1. The van der Waals surface area contributed by atoms with Gasteiger partial charge in [0, 0.05) is 23.3 Å². The molecule has 0 aliphatic heterocycles. The van der Waals surface area contributed by atoms with Crippen LogP contribution in [0, 0.1) is 6.92 Å². The number of carbonyl (C=O) groups is 2. The third kappa shape index (κ3) is 5.69. The van der Waals surface area contributed by atoms with Crippen molar-refractivity contribution in [1.82, 2.24) is 20.1 Å². The lowest BCUT2D eigenvalue weighted by Gasteiger charge is -2.14. The fourth-order valence-electron chi connectivity index (χ4n) is 3.28. The summed E-state index contributed by atoms with van der Waals surface area (Å²) in [6, 6.07) is 12.3. The fraction of sp³-hybridized carbons (Fsp3) is 0.304. The Hall–Kier alpha value is -2.84. The predicted octanol–water partition coefficient (Wildman–Crippen LogP) is 4.56. The molecule has 2 amide bonds. The molecule has 32 heavy (non-hydrogen) atoms. The van der Waals surface area contributed by atoms with Crippen LogP contribution in [0.5, 0.6) is 0 Å². The van der Waals surface area contributed by atoms with Gasteiger partial charge in [-0.3, -0.25) is 9.59 Å². The van der Waals surface area contributed by atoms with Crippen molar-refractivity contribution in [3.05, 3.63) is 70.0 Å². The second-order valence-electron chi connectivity index (χ2n) is 7.40. The summed E-state index contributed by atoms with van der Waals surface area (Å²) < 4.78 is 1.79. The van der Waals surface area contributed by atoms with E-state index in [-0.39, 0.29) is 23.6 Å². The summed E-state index contributed by atoms with van der Waals surface area (Å²) in [7, 11) is 1.82. The summed E-state index contributed by atoms with van der Waals surface area (Å²) in [5.41, 5.74) is 3.53. The van der Waals surface area contributed by atoms with Gasteiger partial charge >= 0.3 is 0 Å². The van der Waals surface area contributed by atoms with Gasteiger partial charge < -0.3 is 15.2 Å². The number of benzene rings is 2. The van der Waals surface area contributed by atoms with E-state index in [1.165, 1.54) is 11.8 Å². The molecule has 168 valence electrons. The van der Waals surface area contributed by atoms with E-state index < -0.39 is 0 Å². The number of anilines is 1. The molecule has 1 aromatic heterocycles. The molecule has 0 unspecified atom stereocenters. The van der Waals surface area contributed by atoms with Crippen LogP contribution in [0.15, 0.2) is 47.6 Å². The first-order valence-electron chi connectivity index (χ1n) is 10.3. The molecule has 0 aliphatic rings. The molecule has 0 bridgehead atoms. The van der Waals surface area contributed by atoms with Crippen molar-refractivity contribution in [3.8, 4) is 0 Å². The molecule has 7 nitrogen and oxygen atoms in total. The fourth-order valence-corrected chi connectivity index (χ4v) is 4.13. The van der Waals surface area contributed by atoms with Gasteiger partial charge in [-0.25, -0.2) is 0 Å². The quantitative estimate of drug-likeness (QED) is 0.470. The van der Waals surface area contributed by atoms with Crippen LogP contribution >= 0.6 is 23.4 Å². The number of para-hydroxylation sites is 1. The molecule has 3 rings (SSSR count). The highest BCUT2D eigenvalue weighted by molar-refractivity contribution is 7.99. The van der Waals surface area contributed by atoms with Gasteiger partial charge in [0.05, 0.1) is 11.8 Å². The van der Waals surface area contributed by atoms with Gasteiger partial charge in [0.2, 0.25) is 5.91 Å². The minimum absolute atomic E-state index is 0.104. The highest BCUT2D eigenvalue weighted by Crippen LogP contribution is 2.23. The Bertz CT molecular complexity index is 1110. The van der Waals surface area contributed by atoms with E-state index in [0.29, 0.717) is 21.6 Å². The normalized spacial score (nSPS) is 11.8. The molecule has 1 atom stereocenters. The molecule has 2 aromatic carbocycles. The van der Waals surface area contributed by atoms with Gasteiger partial charge in [0.15, 0.2) is 11.0 Å². The molecular weight excluding hydrogens is 446 g/mol. The topological polar surface area (TPSA) is 88.9 Å². The number of rotatable bonds is 8. The molecule has 0 fully saturated rings. The third-order valence-electron chi connectivity index (χ3n) is 5.05. The van der Waals surface area contributed by atoms with Crippen LogP contribution in [0.4, 0.5) is 5.69 Å². The minimum Gasteiger partial charge on any atom is -0.342 e. The van der Waals surface area contributed by atoms with Crippen LogP contribution in [0.25, 0.3) is 0 Å². The molecule has 0 saturated heterocycles. The van der Waals surface area contributed by atoms with Gasteiger partial charge in [-0.2, -0.15) is 0 Å². The number of halogens is 1. The number of carbonyl (C=O) groups excluding carboxylic acids is 2. The zero-order chi connectivity index (χ0) is 23.3. The Balaban J connectivity index is 1.60. The molecule has 9 heteroatoms. The van der Waals surface area contributed by atoms with E-state index in [1.54, 1.807) is 28.8 Å². The Morgan fingerprint density at radius 3 is 2.56 bits per heavy atom. The third-order valence-corrected chi connectivity index (χ3v) is 6.32. The van der Waals surface area contributed by atoms with E-state index in [2.05, 4.69) is 27.8 Å². The molecule has 1 heterocycles. The van der Waals surface area contributed by atoms with E-state index in [0.717, 1.165) is 23.2 Å². The average Bonchev–Trinajstić information content (AvgIpc) is 3.14. The van der Waals surface area contributed by atoms with Crippen molar-refractivity contribution < 1.29 is 9.59 Å². The number of hydrogen-bond donors (Lipinski definition) is 2. The Morgan fingerprint density at radius 1 is 1.16 bits per heavy atom. The highest BCUT2D eigenvalue weighted by Gasteiger charge is 2.19. The lowest BCUT2D eigenvalue weighted by atomic mass is 10.1. The van der Waals surface area contributed by atoms with Crippen LogP contribution in [0.2, 0.25) is 5.02 Å². The zero-order valence-corrected chi connectivity index (χ0v) is 20.0. The summed E-state index contributed by atoms with van der Waals surface area (Å²) in [5, 5.41) is 15.5. The van der Waals surface area contributed by atoms with Gasteiger partial charge in [0.1, 0.15) is 0 Å². The van der Waals surface area contributed by atoms with Crippen molar-refractivity contribution in [3.63, 3.8) is 0 Å². The van der Waals surface area contributed by atoms with Crippen molar-refractivity contribution >= 4 is 40.9 Å². The Morgan fingerprint density at radius 2 is 1.88 bits per heavy atom. The molecule has 2 N–H and O–H groups in total. The molecule has 3 aromatic rings. The number of aromatic nitrogens is 3. The number of nitrogens with one attached hydrogen (secondary N) is 2. The molecular formula is C23H26ClN5O2S. The summed E-state index contributed by atoms with van der Waals surface area (Å²) in [6.07, 6.45) is 0.844. The smallest absolute Gasteiger partial charge is 0.251 e. The van der Waals surface area contributed by atoms with E-state index >= 15 is 0 Å². The van der Waals surface area contributed by atoms with Gasteiger partial charge in [-0.1, -0.05) is 48.5 Å².